The number of hydrogen-bond donors (Lipinski definition) is 0. The van der Waals surface area contributed by atoms with Crippen LogP contribution in [0.15, 0.2) is 56.1 Å². The Kier molecular flexibility index (Phi) is 6.25. The summed E-state index contributed by atoms with van der Waals surface area (Å²) in [4.78, 5) is 30.6. The molecule has 2 aromatic carbocycles. The van der Waals surface area contributed by atoms with Crippen molar-refractivity contribution >= 4 is 32.8 Å². The van der Waals surface area contributed by atoms with E-state index in [1.54, 1.807) is 41.3 Å². The molecule has 7 heteroatoms. The molecule has 1 aliphatic rings. The second-order valence-corrected chi connectivity index (χ2v) is 8.53. The largest absolute Gasteiger partial charge is 0.450 e. The van der Waals surface area contributed by atoms with E-state index >= 15 is 0 Å². The molecule has 0 fully saturated rings. The van der Waals surface area contributed by atoms with Gasteiger partial charge in [0.25, 0.3) is 5.91 Å². The van der Waals surface area contributed by atoms with Crippen LogP contribution in [-0.2, 0) is 0 Å². The van der Waals surface area contributed by atoms with E-state index in [-0.39, 0.29) is 22.7 Å². The lowest BCUT2D eigenvalue weighted by atomic mass is 9.98. The van der Waals surface area contributed by atoms with Crippen molar-refractivity contribution in [2.75, 3.05) is 26.2 Å². The number of rotatable bonds is 7. The number of hydrogen-bond acceptors (Lipinski definition) is 4. The molecule has 0 bridgehead atoms. The van der Waals surface area contributed by atoms with Crippen LogP contribution in [0.5, 0.6) is 0 Å². The van der Waals surface area contributed by atoms with Gasteiger partial charge in [-0.2, -0.15) is 0 Å². The molecule has 1 amide bonds. The van der Waals surface area contributed by atoms with Crippen LogP contribution >= 0.6 is 15.9 Å². The van der Waals surface area contributed by atoms with Crippen molar-refractivity contribution in [1.82, 2.24) is 9.80 Å². The predicted molar refractivity (Wildman–Crippen MR) is 122 cm³/mol. The summed E-state index contributed by atoms with van der Waals surface area (Å²) in [7, 11) is 0. The summed E-state index contributed by atoms with van der Waals surface area (Å²) in [5, 5.41) is 0.368. The lowest BCUT2D eigenvalue weighted by Gasteiger charge is -2.26. The molecular formula is C24H24BrFN2O3. The van der Waals surface area contributed by atoms with Gasteiger partial charge >= 0.3 is 0 Å². The molecule has 4 rings (SSSR count). The van der Waals surface area contributed by atoms with Crippen LogP contribution in [0.3, 0.4) is 0 Å². The van der Waals surface area contributed by atoms with E-state index in [2.05, 4.69) is 34.7 Å². The Bertz CT molecular complexity index is 1190. The number of benzene rings is 2. The molecule has 0 saturated carbocycles. The minimum Gasteiger partial charge on any atom is -0.450 e. The summed E-state index contributed by atoms with van der Waals surface area (Å²) in [5.74, 6) is -0.809. The highest BCUT2D eigenvalue weighted by Gasteiger charge is 2.43. The smallest absolute Gasteiger partial charge is 0.290 e. The molecule has 31 heavy (non-hydrogen) atoms. The molecule has 1 atom stereocenters. The Labute approximate surface area is 188 Å². The number of amides is 1. The van der Waals surface area contributed by atoms with Crippen LogP contribution < -0.4 is 5.43 Å². The Morgan fingerprint density at radius 2 is 1.87 bits per heavy atom. The van der Waals surface area contributed by atoms with Crippen LogP contribution in [0.4, 0.5) is 4.39 Å². The van der Waals surface area contributed by atoms with Crippen LogP contribution in [0, 0.1) is 5.82 Å². The van der Waals surface area contributed by atoms with Gasteiger partial charge in [0.1, 0.15) is 11.4 Å². The van der Waals surface area contributed by atoms with Crippen LogP contribution in [-0.4, -0.2) is 41.9 Å². The molecule has 5 nitrogen and oxygen atoms in total. The maximum Gasteiger partial charge on any atom is 0.290 e. The zero-order valence-electron chi connectivity index (χ0n) is 17.5. The maximum atomic E-state index is 14.8. The van der Waals surface area contributed by atoms with Crippen LogP contribution in [0.25, 0.3) is 11.0 Å². The second kappa shape index (κ2) is 8.93. The molecule has 0 radical (unpaired) electrons. The highest BCUT2D eigenvalue weighted by atomic mass is 79.9. The predicted octanol–water partition coefficient (Wildman–Crippen LogP) is 4.97. The molecule has 0 aliphatic carbocycles. The molecule has 1 unspecified atom stereocenters. The van der Waals surface area contributed by atoms with Crippen molar-refractivity contribution in [2.24, 2.45) is 0 Å². The van der Waals surface area contributed by atoms with Crippen LogP contribution in [0.2, 0.25) is 0 Å². The van der Waals surface area contributed by atoms with Crippen LogP contribution in [0.1, 0.15) is 48.0 Å². The highest BCUT2D eigenvalue weighted by Crippen LogP contribution is 2.39. The lowest BCUT2D eigenvalue weighted by Crippen LogP contribution is -2.33. The van der Waals surface area contributed by atoms with E-state index in [0.717, 1.165) is 24.1 Å². The minimum absolute atomic E-state index is 0.0101. The first-order chi connectivity index (χ1) is 15.0. The monoisotopic (exact) mass is 486 g/mol. The molecule has 0 N–H and O–H groups in total. The lowest BCUT2D eigenvalue weighted by molar-refractivity contribution is 0.0718. The van der Waals surface area contributed by atoms with Crippen molar-refractivity contribution < 1.29 is 13.6 Å². The molecule has 1 aromatic heterocycles. The summed E-state index contributed by atoms with van der Waals surface area (Å²) in [6.07, 6.45) is 0.714. The van der Waals surface area contributed by atoms with Gasteiger partial charge in [0.05, 0.1) is 17.0 Å². The molecule has 0 saturated heterocycles. The second-order valence-electron chi connectivity index (χ2n) is 7.62. The number of fused-ring (bicyclic) bond motifs is 2. The molecule has 1 aliphatic heterocycles. The molecular weight excluding hydrogens is 463 g/mol. The zero-order chi connectivity index (χ0) is 22.1. The normalized spacial score (nSPS) is 15.8. The molecule has 162 valence electrons. The first-order valence-electron chi connectivity index (χ1n) is 10.5. The summed E-state index contributed by atoms with van der Waals surface area (Å²) < 4.78 is 21.4. The van der Waals surface area contributed by atoms with E-state index in [9.17, 15) is 14.0 Å². The molecule has 0 spiro atoms. The van der Waals surface area contributed by atoms with Crippen molar-refractivity contribution in [3.63, 3.8) is 0 Å². The Hall–Kier alpha value is -2.51. The van der Waals surface area contributed by atoms with Crippen molar-refractivity contribution in [2.45, 2.75) is 26.3 Å². The SMILES string of the molecule is CCN(CC)CCCN1C(=O)c2oc3ccc(Br)cc3c(=O)c2C1c1ccccc1F. The van der Waals surface area contributed by atoms with Gasteiger partial charge in [0.15, 0.2) is 5.43 Å². The summed E-state index contributed by atoms with van der Waals surface area (Å²) in [6, 6.07) is 10.6. The zero-order valence-corrected chi connectivity index (χ0v) is 19.1. The van der Waals surface area contributed by atoms with Gasteiger partial charge < -0.3 is 14.2 Å². The van der Waals surface area contributed by atoms with Gasteiger partial charge in [0, 0.05) is 16.6 Å². The Morgan fingerprint density at radius 1 is 1.13 bits per heavy atom. The summed E-state index contributed by atoms with van der Waals surface area (Å²) >= 11 is 3.38. The van der Waals surface area contributed by atoms with E-state index in [0.29, 0.717) is 29.5 Å². The van der Waals surface area contributed by atoms with Gasteiger partial charge in [0.2, 0.25) is 5.76 Å². The van der Waals surface area contributed by atoms with Crippen molar-refractivity contribution in [3.8, 4) is 0 Å². The summed E-state index contributed by atoms with van der Waals surface area (Å²) in [5.41, 5.74) is 0.561. The third-order valence-electron chi connectivity index (χ3n) is 5.90. The first-order valence-corrected chi connectivity index (χ1v) is 11.3. The van der Waals surface area contributed by atoms with E-state index in [1.165, 1.54) is 6.07 Å². The van der Waals surface area contributed by atoms with Crippen molar-refractivity contribution in [1.29, 1.82) is 0 Å². The summed E-state index contributed by atoms with van der Waals surface area (Å²) in [6.45, 7) is 7.23. The average Bonchev–Trinajstić information content (AvgIpc) is 3.04. The number of carbonyl (C=O) groups is 1. The maximum absolute atomic E-state index is 14.8. The van der Waals surface area contributed by atoms with Crippen molar-refractivity contribution in [3.05, 3.63) is 79.9 Å². The molecule has 2 heterocycles. The average molecular weight is 487 g/mol. The highest BCUT2D eigenvalue weighted by molar-refractivity contribution is 9.10. The van der Waals surface area contributed by atoms with Gasteiger partial charge in [-0.15, -0.1) is 0 Å². The van der Waals surface area contributed by atoms with Gasteiger partial charge in [-0.3, -0.25) is 9.59 Å². The topological polar surface area (TPSA) is 53.8 Å². The number of nitrogens with zero attached hydrogens (tertiary/aromatic N) is 2. The Balaban J connectivity index is 1.82. The fourth-order valence-corrected chi connectivity index (χ4v) is 4.61. The quantitative estimate of drug-likeness (QED) is 0.472. The van der Waals surface area contributed by atoms with Gasteiger partial charge in [-0.25, -0.2) is 4.39 Å². The van der Waals surface area contributed by atoms with Gasteiger partial charge in [-0.05, 0) is 50.3 Å². The number of halogens is 2. The standard InChI is InChI=1S/C24H24BrFN2O3/c1-3-27(4-2)12-7-13-28-21(16-8-5-6-9-18(16)26)20-22(29)17-14-15(25)10-11-19(17)31-23(20)24(28)30/h5-6,8-11,14,21H,3-4,7,12-13H2,1-2H3. The van der Waals surface area contributed by atoms with E-state index in [1.807, 2.05) is 0 Å². The van der Waals surface area contributed by atoms with E-state index in [4.69, 9.17) is 4.42 Å². The fourth-order valence-electron chi connectivity index (χ4n) is 4.25. The third-order valence-corrected chi connectivity index (χ3v) is 6.39. The first kappa shape index (κ1) is 21.7. The number of carbonyl (C=O) groups excluding carboxylic acids is 1. The Morgan fingerprint density at radius 3 is 2.58 bits per heavy atom. The van der Waals surface area contributed by atoms with E-state index < -0.39 is 11.9 Å². The fraction of sp³-hybridized carbons (Fsp3) is 0.333. The van der Waals surface area contributed by atoms with Gasteiger partial charge in [-0.1, -0.05) is 48.0 Å². The minimum atomic E-state index is -0.806. The third kappa shape index (κ3) is 3.92. The molecule has 3 aromatic rings.